The van der Waals surface area contributed by atoms with Crippen LogP contribution in [0.5, 0.6) is 5.75 Å². The highest BCUT2D eigenvalue weighted by Gasteiger charge is 2.59. The van der Waals surface area contributed by atoms with Crippen molar-refractivity contribution in [1.29, 1.82) is 0 Å². The highest BCUT2D eigenvalue weighted by Crippen LogP contribution is 2.64. The molecule has 1 heterocycles. The fourth-order valence-electron chi connectivity index (χ4n) is 5.41. The zero-order chi connectivity index (χ0) is 22.3. The van der Waals surface area contributed by atoms with E-state index in [1.807, 2.05) is 71.7 Å². The van der Waals surface area contributed by atoms with Gasteiger partial charge in [-0.1, -0.05) is 39.0 Å². The van der Waals surface area contributed by atoms with Gasteiger partial charge in [0.2, 0.25) is 0 Å². The lowest BCUT2D eigenvalue weighted by molar-refractivity contribution is 0.194. The molecule has 5 nitrogen and oxygen atoms in total. The van der Waals surface area contributed by atoms with Crippen molar-refractivity contribution < 1.29 is 4.74 Å². The molecule has 2 saturated carbocycles. The topological polar surface area (TPSA) is 51.8 Å². The van der Waals surface area contributed by atoms with Crippen LogP contribution in [0.4, 0.5) is 0 Å². The minimum absolute atomic E-state index is 0.155. The molecular weight excluding hydrogens is 396 g/mol. The molecule has 2 atom stereocenters. The van der Waals surface area contributed by atoms with Crippen LogP contribution in [-0.4, -0.2) is 28.8 Å². The molecule has 32 heavy (non-hydrogen) atoms. The van der Waals surface area contributed by atoms with Crippen LogP contribution in [0, 0.1) is 16.7 Å². The van der Waals surface area contributed by atoms with Crippen molar-refractivity contribution in [3.05, 3.63) is 66.4 Å². The molecular formula is C27H30N4O. The standard InChI is InChI=1S/C27H30N4O/c1-26(2)21-14-15-27(26,3)24(16-21)29-28-17-20-18-31(22-8-6-5-7-9-22)30-25(20)19-10-12-23(32-4)13-11-19/h5-13,17-18,21H,14-16H2,1-4H3. The summed E-state index contributed by atoms with van der Waals surface area (Å²) in [6, 6.07) is 18.1. The summed E-state index contributed by atoms with van der Waals surface area (Å²) in [5.41, 5.74) is 5.54. The van der Waals surface area contributed by atoms with Crippen LogP contribution in [0.1, 0.15) is 45.6 Å². The second-order valence-electron chi connectivity index (χ2n) is 9.73. The Morgan fingerprint density at radius 2 is 1.81 bits per heavy atom. The van der Waals surface area contributed by atoms with Crippen LogP contribution in [0.3, 0.4) is 0 Å². The first kappa shape index (κ1) is 20.7. The predicted octanol–water partition coefficient (Wildman–Crippen LogP) is 6.17. The van der Waals surface area contributed by atoms with Crippen molar-refractivity contribution in [3.63, 3.8) is 0 Å². The summed E-state index contributed by atoms with van der Waals surface area (Å²) in [5.74, 6) is 1.54. The molecule has 0 N–H and O–H groups in total. The van der Waals surface area contributed by atoms with Gasteiger partial charge >= 0.3 is 0 Å². The Hall–Kier alpha value is -3.21. The first-order valence-corrected chi connectivity index (χ1v) is 11.3. The summed E-state index contributed by atoms with van der Waals surface area (Å²) in [6.07, 6.45) is 7.45. The molecule has 0 spiro atoms. The van der Waals surface area contributed by atoms with Gasteiger partial charge < -0.3 is 4.74 Å². The van der Waals surface area contributed by atoms with Gasteiger partial charge in [-0.25, -0.2) is 4.68 Å². The molecule has 2 aliphatic rings. The molecule has 0 saturated heterocycles. The molecule has 0 amide bonds. The lowest BCUT2D eigenvalue weighted by atomic mass is 9.70. The monoisotopic (exact) mass is 426 g/mol. The number of hydrogen-bond acceptors (Lipinski definition) is 4. The Kier molecular flexibility index (Phi) is 5.00. The van der Waals surface area contributed by atoms with Crippen LogP contribution in [0.15, 0.2) is 71.0 Å². The van der Waals surface area contributed by atoms with E-state index in [1.54, 1.807) is 7.11 Å². The van der Waals surface area contributed by atoms with E-state index in [0.29, 0.717) is 5.41 Å². The highest BCUT2D eigenvalue weighted by atomic mass is 16.5. The van der Waals surface area contributed by atoms with Crippen molar-refractivity contribution in [2.45, 2.75) is 40.0 Å². The normalized spacial score (nSPS) is 25.1. The van der Waals surface area contributed by atoms with Gasteiger partial charge in [-0.15, -0.1) is 0 Å². The van der Waals surface area contributed by atoms with Crippen LogP contribution in [-0.2, 0) is 0 Å². The number of nitrogens with zero attached hydrogens (tertiary/aromatic N) is 4. The van der Waals surface area contributed by atoms with E-state index in [1.165, 1.54) is 18.6 Å². The number of para-hydroxylation sites is 1. The van der Waals surface area contributed by atoms with Crippen LogP contribution < -0.4 is 4.74 Å². The molecule has 1 aromatic heterocycles. The van der Waals surface area contributed by atoms with E-state index in [9.17, 15) is 0 Å². The maximum absolute atomic E-state index is 5.31. The van der Waals surface area contributed by atoms with Gasteiger partial charge in [-0.2, -0.15) is 15.3 Å². The first-order valence-electron chi connectivity index (χ1n) is 11.3. The maximum atomic E-state index is 5.31. The average Bonchev–Trinajstić information content (AvgIpc) is 3.39. The van der Waals surface area contributed by atoms with E-state index in [0.717, 1.165) is 40.6 Å². The molecule has 2 aromatic carbocycles. The lowest BCUT2D eigenvalue weighted by Crippen LogP contribution is -2.32. The number of hydrogen-bond donors (Lipinski definition) is 0. The maximum Gasteiger partial charge on any atom is 0.118 e. The molecule has 2 bridgehead atoms. The smallest absolute Gasteiger partial charge is 0.118 e. The van der Waals surface area contributed by atoms with Gasteiger partial charge in [0.1, 0.15) is 11.4 Å². The first-order chi connectivity index (χ1) is 15.4. The van der Waals surface area contributed by atoms with E-state index in [4.69, 9.17) is 14.9 Å². The quantitative estimate of drug-likeness (QED) is 0.362. The zero-order valence-corrected chi connectivity index (χ0v) is 19.2. The number of benzene rings is 2. The number of rotatable bonds is 5. The van der Waals surface area contributed by atoms with Gasteiger partial charge in [0, 0.05) is 28.5 Å². The third-order valence-electron chi connectivity index (χ3n) is 8.01. The summed E-state index contributed by atoms with van der Waals surface area (Å²) in [4.78, 5) is 0. The van der Waals surface area contributed by atoms with Gasteiger partial charge in [0.25, 0.3) is 0 Å². The Morgan fingerprint density at radius 1 is 1.06 bits per heavy atom. The number of methoxy groups -OCH3 is 1. The molecule has 5 heteroatoms. The van der Waals surface area contributed by atoms with Crippen molar-refractivity contribution in [2.24, 2.45) is 27.0 Å². The Morgan fingerprint density at radius 3 is 2.44 bits per heavy atom. The Labute approximate surface area is 189 Å². The lowest BCUT2D eigenvalue weighted by Gasteiger charge is -2.34. The molecule has 3 aromatic rings. The SMILES string of the molecule is COc1ccc(-c2nn(-c3ccccc3)cc2C=NN=C2CC3CCC2(C)C3(C)C)cc1. The number of ether oxygens (including phenoxy) is 1. The van der Waals surface area contributed by atoms with Gasteiger partial charge in [-0.3, -0.25) is 0 Å². The van der Waals surface area contributed by atoms with Crippen molar-refractivity contribution in [1.82, 2.24) is 9.78 Å². The zero-order valence-electron chi connectivity index (χ0n) is 19.2. The van der Waals surface area contributed by atoms with E-state index in [2.05, 4.69) is 25.9 Å². The van der Waals surface area contributed by atoms with Gasteiger partial charge in [0.05, 0.1) is 19.0 Å². The third-order valence-corrected chi connectivity index (χ3v) is 8.01. The fraction of sp³-hybridized carbons (Fsp3) is 0.370. The number of fused-ring (bicyclic) bond motifs is 2. The summed E-state index contributed by atoms with van der Waals surface area (Å²) >= 11 is 0. The van der Waals surface area contributed by atoms with E-state index >= 15 is 0 Å². The van der Waals surface area contributed by atoms with Gasteiger partial charge in [0.15, 0.2) is 0 Å². The molecule has 164 valence electrons. The minimum atomic E-state index is 0.155. The molecule has 5 rings (SSSR count). The van der Waals surface area contributed by atoms with Crippen molar-refractivity contribution in [2.75, 3.05) is 7.11 Å². The van der Waals surface area contributed by atoms with Crippen molar-refractivity contribution >= 4 is 11.9 Å². The molecule has 2 unspecified atom stereocenters. The summed E-state index contributed by atoms with van der Waals surface area (Å²) < 4.78 is 7.21. The largest absolute Gasteiger partial charge is 0.497 e. The van der Waals surface area contributed by atoms with Crippen LogP contribution in [0.25, 0.3) is 16.9 Å². The summed E-state index contributed by atoms with van der Waals surface area (Å²) in [6.45, 7) is 7.15. The predicted molar refractivity (Wildman–Crippen MR) is 130 cm³/mol. The average molecular weight is 427 g/mol. The second-order valence-corrected chi connectivity index (χ2v) is 9.73. The number of aromatic nitrogens is 2. The summed E-state index contributed by atoms with van der Waals surface area (Å²) in [5, 5.41) is 14.2. The van der Waals surface area contributed by atoms with E-state index in [-0.39, 0.29) is 5.41 Å². The highest BCUT2D eigenvalue weighted by molar-refractivity contribution is 5.95. The van der Waals surface area contributed by atoms with Crippen molar-refractivity contribution in [3.8, 4) is 22.7 Å². The summed E-state index contributed by atoms with van der Waals surface area (Å²) in [7, 11) is 1.67. The van der Waals surface area contributed by atoms with Crippen LogP contribution >= 0.6 is 0 Å². The molecule has 2 fully saturated rings. The molecule has 0 aliphatic heterocycles. The Bertz CT molecular complexity index is 1170. The van der Waals surface area contributed by atoms with Gasteiger partial charge in [-0.05, 0) is 67.0 Å². The second kappa shape index (κ2) is 7.73. The van der Waals surface area contributed by atoms with E-state index < -0.39 is 0 Å². The van der Waals surface area contributed by atoms with Crippen LogP contribution in [0.2, 0.25) is 0 Å². The minimum Gasteiger partial charge on any atom is -0.497 e. The fourth-order valence-corrected chi connectivity index (χ4v) is 5.41. The Balaban J connectivity index is 1.50. The molecule has 0 radical (unpaired) electrons. The third kappa shape index (κ3) is 3.27. The molecule has 2 aliphatic carbocycles.